The molecule has 0 spiro atoms. The molecule has 1 N–H and O–H groups in total. The van der Waals surface area contributed by atoms with Gasteiger partial charge in [-0.2, -0.15) is 0 Å². The standard InChI is InChI=1S/C15H19N3OS/c1-3-11(2)17-14(19)4-5-15-18-13(10-20-15)12-6-8-16-9-7-12/h6-11H,3-5H2,1-2H3,(H,17,19). The minimum absolute atomic E-state index is 0.0972. The van der Waals surface area contributed by atoms with Gasteiger partial charge in [0.1, 0.15) is 0 Å². The van der Waals surface area contributed by atoms with Gasteiger partial charge in [-0.05, 0) is 25.5 Å². The molecule has 2 aromatic rings. The van der Waals surface area contributed by atoms with Crippen molar-refractivity contribution >= 4 is 17.2 Å². The largest absolute Gasteiger partial charge is 0.354 e. The molecule has 2 rings (SSSR count). The molecule has 0 aliphatic heterocycles. The van der Waals surface area contributed by atoms with Crippen LogP contribution in [0.3, 0.4) is 0 Å². The number of hydrogen-bond acceptors (Lipinski definition) is 4. The highest BCUT2D eigenvalue weighted by molar-refractivity contribution is 7.09. The Labute approximate surface area is 123 Å². The van der Waals surface area contributed by atoms with Gasteiger partial charge < -0.3 is 5.32 Å². The number of aromatic nitrogens is 2. The van der Waals surface area contributed by atoms with E-state index in [1.807, 2.05) is 24.4 Å². The molecule has 2 aromatic heterocycles. The minimum atomic E-state index is 0.0972. The molecule has 0 radical (unpaired) electrons. The van der Waals surface area contributed by atoms with Crippen molar-refractivity contribution in [1.29, 1.82) is 0 Å². The van der Waals surface area contributed by atoms with E-state index in [0.717, 1.165) is 22.7 Å². The Morgan fingerprint density at radius 3 is 2.85 bits per heavy atom. The predicted molar refractivity (Wildman–Crippen MR) is 81.6 cm³/mol. The summed E-state index contributed by atoms with van der Waals surface area (Å²) in [5, 5.41) is 5.99. The number of hydrogen-bond donors (Lipinski definition) is 1. The highest BCUT2D eigenvalue weighted by atomic mass is 32.1. The summed E-state index contributed by atoms with van der Waals surface area (Å²) in [5.74, 6) is 0.0972. The van der Waals surface area contributed by atoms with Crippen LogP contribution in [0.25, 0.3) is 11.3 Å². The number of rotatable bonds is 6. The minimum Gasteiger partial charge on any atom is -0.354 e. The number of carbonyl (C=O) groups excluding carboxylic acids is 1. The lowest BCUT2D eigenvalue weighted by Gasteiger charge is -2.10. The maximum absolute atomic E-state index is 11.7. The molecule has 0 saturated heterocycles. The van der Waals surface area contributed by atoms with E-state index in [0.29, 0.717) is 12.8 Å². The molecule has 5 heteroatoms. The van der Waals surface area contributed by atoms with Gasteiger partial charge in [0, 0.05) is 42.2 Å². The van der Waals surface area contributed by atoms with E-state index >= 15 is 0 Å². The summed E-state index contributed by atoms with van der Waals surface area (Å²) in [5.41, 5.74) is 2.02. The van der Waals surface area contributed by atoms with Crippen LogP contribution in [0.15, 0.2) is 29.9 Å². The number of nitrogens with one attached hydrogen (secondary N) is 1. The monoisotopic (exact) mass is 289 g/mol. The molecule has 0 fully saturated rings. The topological polar surface area (TPSA) is 54.9 Å². The number of thiazole rings is 1. The van der Waals surface area contributed by atoms with Crippen LogP contribution < -0.4 is 5.32 Å². The molecular weight excluding hydrogens is 270 g/mol. The quantitative estimate of drug-likeness (QED) is 0.889. The summed E-state index contributed by atoms with van der Waals surface area (Å²) in [7, 11) is 0. The van der Waals surface area contributed by atoms with Gasteiger partial charge in [-0.3, -0.25) is 9.78 Å². The maximum atomic E-state index is 11.7. The molecule has 1 amide bonds. The fourth-order valence-electron chi connectivity index (χ4n) is 1.75. The van der Waals surface area contributed by atoms with Crippen LogP contribution in [0.5, 0.6) is 0 Å². The zero-order chi connectivity index (χ0) is 14.4. The van der Waals surface area contributed by atoms with Crippen molar-refractivity contribution < 1.29 is 4.79 Å². The Morgan fingerprint density at radius 1 is 1.40 bits per heavy atom. The summed E-state index contributed by atoms with van der Waals surface area (Å²) in [6.45, 7) is 4.08. The van der Waals surface area contributed by atoms with Crippen molar-refractivity contribution in [3.8, 4) is 11.3 Å². The fraction of sp³-hybridized carbons (Fsp3) is 0.400. The van der Waals surface area contributed by atoms with Crippen LogP contribution in [-0.2, 0) is 11.2 Å². The first-order valence-electron chi connectivity index (χ1n) is 6.83. The second-order valence-corrected chi connectivity index (χ2v) is 5.68. The Hall–Kier alpha value is -1.75. The van der Waals surface area contributed by atoms with E-state index in [2.05, 4.69) is 22.2 Å². The van der Waals surface area contributed by atoms with Gasteiger partial charge in [0.25, 0.3) is 0 Å². The Bertz CT molecular complexity index is 553. The zero-order valence-corrected chi connectivity index (χ0v) is 12.6. The highest BCUT2D eigenvalue weighted by Crippen LogP contribution is 2.21. The fourth-order valence-corrected chi connectivity index (χ4v) is 2.56. The third-order valence-electron chi connectivity index (χ3n) is 3.11. The van der Waals surface area contributed by atoms with Gasteiger partial charge in [0.2, 0.25) is 5.91 Å². The van der Waals surface area contributed by atoms with Crippen molar-refractivity contribution in [3.05, 3.63) is 34.9 Å². The molecular formula is C15H19N3OS. The van der Waals surface area contributed by atoms with Crippen LogP contribution in [0.2, 0.25) is 0 Å². The summed E-state index contributed by atoms with van der Waals surface area (Å²) >= 11 is 1.60. The first-order valence-corrected chi connectivity index (χ1v) is 7.71. The Balaban J connectivity index is 1.89. The van der Waals surface area contributed by atoms with Gasteiger partial charge in [0.05, 0.1) is 10.7 Å². The number of carbonyl (C=O) groups is 1. The second kappa shape index (κ2) is 7.14. The molecule has 1 unspecified atom stereocenters. The van der Waals surface area contributed by atoms with Crippen molar-refractivity contribution in [2.45, 2.75) is 39.2 Å². The molecule has 0 bridgehead atoms. The molecule has 0 aliphatic rings. The smallest absolute Gasteiger partial charge is 0.220 e. The summed E-state index contributed by atoms with van der Waals surface area (Å²) in [6, 6.07) is 4.12. The van der Waals surface area contributed by atoms with Gasteiger partial charge >= 0.3 is 0 Å². The summed E-state index contributed by atoms with van der Waals surface area (Å²) in [6.07, 6.45) is 5.66. The third kappa shape index (κ3) is 4.13. The van der Waals surface area contributed by atoms with Crippen LogP contribution in [0, 0.1) is 0 Å². The van der Waals surface area contributed by atoms with Crippen LogP contribution >= 0.6 is 11.3 Å². The average Bonchev–Trinajstić information content (AvgIpc) is 2.95. The molecule has 0 saturated carbocycles. The molecule has 0 aromatic carbocycles. The van der Waals surface area contributed by atoms with Gasteiger partial charge in [-0.15, -0.1) is 11.3 Å². The molecule has 1 atom stereocenters. The number of amides is 1. The lowest BCUT2D eigenvalue weighted by molar-refractivity contribution is -0.121. The van der Waals surface area contributed by atoms with Gasteiger partial charge in [-0.1, -0.05) is 6.92 Å². The van der Waals surface area contributed by atoms with Crippen molar-refractivity contribution in [2.24, 2.45) is 0 Å². The lowest BCUT2D eigenvalue weighted by Crippen LogP contribution is -2.31. The molecule has 2 heterocycles. The van der Waals surface area contributed by atoms with E-state index in [9.17, 15) is 4.79 Å². The van der Waals surface area contributed by atoms with E-state index in [-0.39, 0.29) is 11.9 Å². The van der Waals surface area contributed by atoms with Crippen LogP contribution in [0.4, 0.5) is 0 Å². The number of aryl methyl sites for hydroxylation is 1. The van der Waals surface area contributed by atoms with Crippen molar-refractivity contribution in [2.75, 3.05) is 0 Å². The van der Waals surface area contributed by atoms with Crippen LogP contribution in [0.1, 0.15) is 31.7 Å². The Kier molecular flexibility index (Phi) is 5.24. The van der Waals surface area contributed by atoms with Crippen molar-refractivity contribution in [3.63, 3.8) is 0 Å². The van der Waals surface area contributed by atoms with Crippen LogP contribution in [-0.4, -0.2) is 21.9 Å². The van der Waals surface area contributed by atoms with Gasteiger partial charge in [0.15, 0.2) is 0 Å². The molecule has 106 valence electrons. The third-order valence-corrected chi connectivity index (χ3v) is 4.02. The molecule has 0 aliphatic carbocycles. The first kappa shape index (κ1) is 14.7. The number of nitrogens with zero attached hydrogens (tertiary/aromatic N) is 2. The Morgan fingerprint density at radius 2 is 2.15 bits per heavy atom. The van der Waals surface area contributed by atoms with Crippen molar-refractivity contribution in [1.82, 2.24) is 15.3 Å². The van der Waals surface area contributed by atoms with Gasteiger partial charge in [-0.25, -0.2) is 4.98 Å². The zero-order valence-electron chi connectivity index (χ0n) is 11.8. The van der Waals surface area contributed by atoms with E-state index in [1.54, 1.807) is 23.7 Å². The highest BCUT2D eigenvalue weighted by Gasteiger charge is 2.08. The number of pyridine rings is 1. The average molecular weight is 289 g/mol. The lowest BCUT2D eigenvalue weighted by atomic mass is 10.2. The normalized spacial score (nSPS) is 12.1. The summed E-state index contributed by atoms with van der Waals surface area (Å²) < 4.78 is 0. The second-order valence-electron chi connectivity index (χ2n) is 4.74. The van der Waals surface area contributed by atoms with E-state index in [4.69, 9.17) is 0 Å². The SMILES string of the molecule is CCC(C)NC(=O)CCc1nc(-c2ccncc2)cs1. The first-order chi connectivity index (χ1) is 9.69. The molecule has 4 nitrogen and oxygen atoms in total. The van der Waals surface area contributed by atoms with E-state index in [1.165, 1.54) is 0 Å². The predicted octanol–water partition coefficient (Wildman–Crippen LogP) is 3.05. The summed E-state index contributed by atoms with van der Waals surface area (Å²) in [4.78, 5) is 20.3. The van der Waals surface area contributed by atoms with E-state index < -0.39 is 0 Å². The maximum Gasteiger partial charge on any atom is 0.220 e. The molecule has 20 heavy (non-hydrogen) atoms.